The molecule has 0 aliphatic carbocycles. The molecule has 2 aromatic carbocycles. The van der Waals surface area contributed by atoms with E-state index in [9.17, 15) is 4.79 Å². The lowest BCUT2D eigenvalue weighted by atomic mass is 10.1. The molecule has 5 nitrogen and oxygen atoms in total. The first kappa shape index (κ1) is 17.0. The summed E-state index contributed by atoms with van der Waals surface area (Å²) < 4.78 is 5.50. The number of fused-ring (bicyclic) bond motifs is 1. The lowest BCUT2D eigenvalue weighted by Crippen LogP contribution is -2.30. The van der Waals surface area contributed by atoms with Crippen molar-refractivity contribution in [2.45, 2.75) is 33.7 Å². The van der Waals surface area contributed by atoms with E-state index in [1.807, 2.05) is 36.4 Å². The van der Waals surface area contributed by atoms with Gasteiger partial charge in [0.2, 0.25) is 0 Å². The molecule has 3 rings (SSSR count). The molecule has 0 spiro atoms. The quantitative estimate of drug-likeness (QED) is 0.738. The Morgan fingerprint density at radius 3 is 2.56 bits per heavy atom. The molecular weight excluding hydrogens is 314 g/mol. The smallest absolute Gasteiger partial charge is 0.255 e. The van der Waals surface area contributed by atoms with Crippen molar-refractivity contribution in [1.82, 2.24) is 4.98 Å². The topological polar surface area (TPSA) is 58.4 Å². The lowest BCUT2D eigenvalue weighted by molar-refractivity contribution is 0.102. The van der Waals surface area contributed by atoms with Gasteiger partial charge in [0.15, 0.2) is 11.5 Å². The first-order valence-electron chi connectivity index (χ1n) is 8.53. The van der Waals surface area contributed by atoms with Gasteiger partial charge in [0.05, 0.1) is 0 Å². The van der Waals surface area contributed by atoms with Crippen molar-refractivity contribution in [2.24, 2.45) is 0 Å². The van der Waals surface area contributed by atoms with Gasteiger partial charge in [0.1, 0.15) is 5.52 Å². The number of nitrogens with one attached hydrogen (secondary N) is 1. The minimum atomic E-state index is -0.144. The Labute approximate surface area is 147 Å². The van der Waals surface area contributed by atoms with Crippen molar-refractivity contribution < 1.29 is 9.21 Å². The van der Waals surface area contributed by atoms with Gasteiger partial charge in [-0.3, -0.25) is 4.79 Å². The van der Waals surface area contributed by atoms with E-state index in [1.54, 1.807) is 13.0 Å². The monoisotopic (exact) mass is 337 g/mol. The van der Waals surface area contributed by atoms with Crippen LogP contribution in [0.1, 0.15) is 37.0 Å². The number of benzene rings is 2. The molecule has 1 heterocycles. The van der Waals surface area contributed by atoms with Crippen LogP contribution in [0.2, 0.25) is 0 Å². The third-order valence-electron chi connectivity index (χ3n) is 4.18. The first-order valence-corrected chi connectivity index (χ1v) is 8.53. The van der Waals surface area contributed by atoms with E-state index in [-0.39, 0.29) is 5.91 Å². The molecule has 1 amide bonds. The number of anilines is 2. The second-order valence-electron chi connectivity index (χ2n) is 6.30. The third kappa shape index (κ3) is 3.65. The number of aryl methyl sites for hydroxylation is 1. The van der Waals surface area contributed by atoms with E-state index in [0.717, 1.165) is 17.7 Å². The van der Waals surface area contributed by atoms with Crippen LogP contribution in [-0.4, -0.2) is 23.5 Å². The number of oxazole rings is 1. The molecule has 0 saturated carbocycles. The zero-order valence-electron chi connectivity index (χ0n) is 15.0. The number of nitrogens with zero attached hydrogens (tertiary/aromatic N) is 2. The average Bonchev–Trinajstić information content (AvgIpc) is 2.95. The van der Waals surface area contributed by atoms with E-state index in [0.29, 0.717) is 28.8 Å². The van der Waals surface area contributed by atoms with Gasteiger partial charge in [-0.15, -0.1) is 0 Å². The fraction of sp³-hybridized carbons (Fsp3) is 0.300. The average molecular weight is 337 g/mol. The summed E-state index contributed by atoms with van der Waals surface area (Å²) in [5, 5.41) is 2.90. The van der Waals surface area contributed by atoms with Gasteiger partial charge in [-0.25, -0.2) is 4.98 Å². The van der Waals surface area contributed by atoms with Crippen LogP contribution in [0.3, 0.4) is 0 Å². The predicted molar refractivity (Wildman–Crippen MR) is 101 cm³/mol. The van der Waals surface area contributed by atoms with Crippen LogP contribution in [-0.2, 0) is 0 Å². The fourth-order valence-corrected chi connectivity index (χ4v) is 2.97. The number of carbonyl (C=O) groups excluding carboxylic acids is 1. The van der Waals surface area contributed by atoms with Crippen LogP contribution < -0.4 is 10.2 Å². The van der Waals surface area contributed by atoms with Gasteiger partial charge in [0, 0.05) is 42.5 Å². The molecule has 25 heavy (non-hydrogen) atoms. The summed E-state index contributed by atoms with van der Waals surface area (Å²) in [4.78, 5) is 19.0. The minimum absolute atomic E-state index is 0.144. The highest BCUT2D eigenvalue weighted by Crippen LogP contribution is 2.21. The zero-order chi connectivity index (χ0) is 18.0. The van der Waals surface area contributed by atoms with Gasteiger partial charge < -0.3 is 14.6 Å². The maximum Gasteiger partial charge on any atom is 0.255 e. The van der Waals surface area contributed by atoms with Crippen molar-refractivity contribution in [3.05, 3.63) is 53.9 Å². The molecule has 0 bridgehead atoms. The van der Waals surface area contributed by atoms with Crippen molar-refractivity contribution in [3.8, 4) is 0 Å². The van der Waals surface area contributed by atoms with E-state index in [4.69, 9.17) is 4.42 Å². The van der Waals surface area contributed by atoms with Gasteiger partial charge >= 0.3 is 0 Å². The number of hydrogen-bond donors (Lipinski definition) is 1. The van der Waals surface area contributed by atoms with E-state index < -0.39 is 0 Å². The highest BCUT2D eigenvalue weighted by Gasteiger charge is 2.11. The molecule has 1 aromatic heterocycles. The highest BCUT2D eigenvalue weighted by molar-refractivity contribution is 6.05. The maximum absolute atomic E-state index is 12.5. The van der Waals surface area contributed by atoms with Gasteiger partial charge in [-0.2, -0.15) is 0 Å². The highest BCUT2D eigenvalue weighted by atomic mass is 16.3. The summed E-state index contributed by atoms with van der Waals surface area (Å²) in [6.07, 6.45) is 0. The Morgan fingerprint density at radius 1 is 1.20 bits per heavy atom. The summed E-state index contributed by atoms with van der Waals surface area (Å²) in [5.41, 5.74) is 3.88. The van der Waals surface area contributed by atoms with Crippen molar-refractivity contribution in [3.63, 3.8) is 0 Å². The Kier molecular flexibility index (Phi) is 4.74. The Bertz CT molecular complexity index is 882. The molecule has 5 heteroatoms. The standard InChI is InChI=1S/C20H23N3O2/c1-5-23(13(2)3)17-9-6-15(7-10-17)20(24)22-16-8-11-18-19(12-16)25-14(4)21-18/h6-13H,5H2,1-4H3,(H,22,24). The first-order chi connectivity index (χ1) is 12.0. The molecule has 0 unspecified atom stereocenters. The predicted octanol–water partition coefficient (Wildman–Crippen LogP) is 4.62. The SMILES string of the molecule is CCN(c1ccc(C(=O)Nc2ccc3nc(C)oc3c2)cc1)C(C)C. The van der Waals surface area contributed by atoms with Gasteiger partial charge in [-0.05, 0) is 57.2 Å². The largest absolute Gasteiger partial charge is 0.441 e. The van der Waals surface area contributed by atoms with Crippen LogP contribution in [0.5, 0.6) is 0 Å². The molecule has 1 N–H and O–H groups in total. The second-order valence-corrected chi connectivity index (χ2v) is 6.30. The number of rotatable bonds is 5. The van der Waals surface area contributed by atoms with Gasteiger partial charge in [-0.1, -0.05) is 0 Å². The summed E-state index contributed by atoms with van der Waals surface area (Å²) in [6, 6.07) is 13.6. The minimum Gasteiger partial charge on any atom is -0.441 e. The lowest BCUT2D eigenvalue weighted by Gasteiger charge is -2.27. The zero-order valence-corrected chi connectivity index (χ0v) is 15.0. The van der Waals surface area contributed by atoms with E-state index in [2.05, 4.69) is 36.0 Å². The molecular formula is C20H23N3O2. The number of amides is 1. The van der Waals surface area contributed by atoms with Crippen LogP contribution in [0.4, 0.5) is 11.4 Å². The fourth-order valence-electron chi connectivity index (χ4n) is 2.97. The van der Waals surface area contributed by atoms with Crippen LogP contribution in [0.25, 0.3) is 11.1 Å². The Balaban J connectivity index is 1.75. The normalized spacial score (nSPS) is 11.1. The molecule has 130 valence electrons. The Hall–Kier alpha value is -2.82. The van der Waals surface area contributed by atoms with Crippen LogP contribution in [0.15, 0.2) is 46.9 Å². The summed E-state index contributed by atoms with van der Waals surface area (Å²) in [5.74, 6) is 0.467. The third-order valence-corrected chi connectivity index (χ3v) is 4.18. The van der Waals surface area contributed by atoms with Crippen LogP contribution in [0, 0.1) is 6.92 Å². The van der Waals surface area contributed by atoms with E-state index >= 15 is 0 Å². The molecule has 0 radical (unpaired) electrons. The van der Waals surface area contributed by atoms with Crippen molar-refractivity contribution >= 4 is 28.4 Å². The molecule has 0 atom stereocenters. The molecule has 0 aliphatic heterocycles. The molecule has 0 aliphatic rings. The Morgan fingerprint density at radius 2 is 1.92 bits per heavy atom. The van der Waals surface area contributed by atoms with E-state index in [1.165, 1.54) is 0 Å². The number of aromatic nitrogens is 1. The molecule has 3 aromatic rings. The number of hydrogen-bond acceptors (Lipinski definition) is 4. The number of carbonyl (C=O) groups is 1. The molecule has 0 fully saturated rings. The summed E-state index contributed by atoms with van der Waals surface area (Å²) >= 11 is 0. The molecule has 0 saturated heterocycles. The van der Waals surface area contributed by atoms with Gasteiger partial charge in [0.25, 0.3) is 5.91 Å². The van der Waals surface area contributed by atoms with Crippen LogP contribution >= 0.6 is 0 Å². The summed E-state index contributed by atoms with van der Waals surface area (Å²) in [7, 11) is 0. The maximum atomic E-state index is 12.5. The van der Waals surface area contributed by atoms with Crippen molar-refractivity contribution in [1.29, 1.82) is 0 Å². The summed E-state index contributed by atoms with van der Waals surface area (Å²) in [6.45, 7) is 9.18. The van der Waals surface area contributed by atoms with Crippen molar-refractivity contribution in [2.75, 3.05) is 16.8 Å². The second kappa shape index (κ2) is 6.97.